The maximum absolute atomic E-state index is 14.1. The molecule has 2 bridgehead atoms. The molecule has 3 fully saturated rings. The Morgan fingerprint density at radius 1 is 0.964 bits per heavy atom. The van der Waals surface area contributed by atoms with Gasteiger partial charge in [-0.05, 0) is 89.0 Å². The molecular formula is C42H65NO12. The lowest BCUT2D eigenvalue weighted by atomic mass is 9.79. The summed E-state index contributed by atoms with van der Waals surface area (Å²) < 4.78 is 18.0. The normalized spacial score (nSPS) is 40.5. The summed E-state index contributed by atoms with van der Waals surface area (Å²) >= 11 is 0. The van der Waals surface area contributed by atoms with Crippen LogP contribution in [0.25, 0.3) is 0 Å². The van der Waals surface area contributed by atoms with Crippen LogP contribution >= 0.6 is 0 Å². The van der Waals surface area contributed by atoms with E-state index in [0.29, 0.717) is 51.4 Å². The number of piperidine rings is 1. The number of hydrogen-bond acceptors (Lipinski definition) is 12. The Morgan fingerprint density at radius 2 is 1.69 bits per heavy atom. The molecule has 1 aliphatic carbocycles. The lowest BCUT2D eigenvalue weighted by Gasteiger charge is -2.44. The molecule has 1 amide bonds. The van der Waals surface area contributed by atoms with Crippen molar-refractivity contribution in [2.24, 2.45) is 35.5 Å². The van der Waals surface area contributed by atoms with Crippen molar-refractivity contribution >= 4 is 23.4 Å². The van der Waals surface area contributed by atoms with Gasteiger partial charge in [0.1, 0.15) is 17.9 Å². The first-order valence-electron chi connectivity index (χ1n) is 20.2. The first-order chi connectivity index (χ1) is 26.2. The number of ether oxygens (including phenoxy) is 3. The lowest BCUT2D eigenvalue weighted by molar-refractivity contribution is -0.274. The third-order valence-corrected chi connectivity index (χ3v) is 12.3. The second kappa shape index (κ2) is 20.6. The number of aliphatic hydroxyl groups is 5. The summed E-state index contributed by atoms with van der Waals surface area (Å²) in [6.45, 7) is 9.08. The van der Waals surface area contributed by atoms with Crippen molar-refractivity contribution in [3.05, 3.63) is 36.5 Å². The molecule has 4 aliphatic rings. The molecule has 13 nitrogen and oxygen atoms in total. The van der Waals surface area contributed by atoms with Crippen LogP contribution < -0.4 is 0 Å². The van der Waals surface area contributed by atoms with Crippen molar-refractivity contribution < 1.29 is 58.9 Å². The number of cyclic esters (lactones) is 1. The van der Waals surface area contributed by atoms with Crippen molar-refractivity contribution in [1.29, 1.82) is 0 Å². The smallest absolute Gasteiger partial charge is 0.329 e. The number of ketones is 2. The van der Waals surface area contributed by atoms with Crippen molar-refractivity contribution in [3.8, 4) is 0 Å². The minimum absolute atomic E-state index is 0.0133. The molecule has 310 valence electrons. The molecule has 4 rings (SSSR count). The summed E-state index contributed by atoms with van der Waals surface area (Å²) in [5, 5.41) is 53.6. The van der Waals surface area contributed by atoms with Crippen molar-refractivity contribution in [3.63, 3.8) is 0 Å². The first-order valence-corrected chi connectivity index (χ1v) is 20.2. The number of allylic oxidation sites excluding steroid dienone is 4. The Bertz CT molecular complexity index is 1400. The Morgan fingerprint density at radius 3 is 2.36 bits per heavy atom. The number of methoxy groups -OCH3 is 1. The van der Waals surface area contributed by atoms with Crippen LogP contribution in [0.2, 0.25) is 0 Å². The number of esters is 1. The molecule has 1 saturated carbocycles. The SMILES string of the molecule is C=CC[C@@H]1/C=C(\C)C[C@H](C)C[C@H](OC)[C@H]2O[C@](O)(CC[C@@H]2CO)C(=O)C(=O)N2CCCC[C@H]2C(=O)O[C@H](/C=C/[C@@H]2CC[C@@H](O)[C@H](CO)C2)[C@H](C)[C@@H](O)CC1=O. The van der Waals surface area contributed by atoms with Gasteiger partial charge in [-0.3, -0.25) is 14.4 Å². The molecule has 13 heteroatoms. The fourth-order valence-corrected chi connectivity index (χ4v) is 8.88. The maximum Gasteiger partial charge on any atom is 0.329 e. The van der Waals surface area contributed by atoms with Crippen LogP contribution in [0.5, 0.6) is 0 Å². The van der Waals surface area contributed by atoms with Crippen LogP contribution in [0.4, 0.5) is 0 Å². The van der Waals surface area contributed by atoms with Gasteiger partial charge in [-0.2, -0.15) is 0 Å². The number of fused-ring (bicyclic) bond motifs is 3. The zero-order valence-corrected chi connectivity index (χ0v) is 33.1. The van der Waals surface area contributed by atoms with Gasteiger partial charge in [0, 0.05) is 63.4 Å². The second-order valence-corrected chi connectivity index (χ2v) is 16.6. The zero-order valence-electron chi connectivity index (χ0n) is 33.1. The minimum atomic E-state index is -2.50. The fourth-order valence-electron chi connectivity index (χ4n) is 8.88. The fraction of sp³-hybridized carbons (Fsp3) is 0.762. The molecule has 0 spiro atoms. The molecule has 0 aromatic rings. The van der Waals surface area contributed by atoms with Gasteiger partial charge in [-0.15, -0.1) is 6.58 Å². The van der Waals surface area contributed by atoms with Gasteiger partial charge in [0.25, 0.3) is 11.7 Å². The minimum Gasteiger partial charge on any atom is -0.456 e. The highest BCUT2D eigenvalue weighted by molar-refractivity contribution is 6.39. The highest BCUT2D eigenvalue weighted by Crippen LogP contribution is 2.37. The third-order valence-electron chi connectivity index (χ3n) is 12.3. The lowest BCUT2D eigenvalue weighted by Crippen LogP contribution is -2.60. The average molecular weight is 776 g/mol. The highest BCUT2D eigenvalue weighted by atomic mass is 16.6. The van der Waals surface area contributed by atoms with Gasteiger partial charge >= 0.3 is 5.97 Å². The molecule has 2 saturated heterocycles. The van der Waals surface area contributed by atoms with Crippen molar-refractivity contribution in [2.45, 2.75) is 140 Å². The Labute approximate surface area is 325 Å². The number of Topliss-reactive ketones (excluding diaryl/α,β-unsaturated/α-hetero) is 2. The largest absolute Gasteiger partial charge is 0.456 e. The Balaban J connectivity index is 1.73. The van der Waals surface area contributed by atoms with E-state index in [4.69, 9.17) is 14.2 Å². The Kier molecular flexibility index (Phi) is 16.8. The third kappa shape index (κ3) is 11.4. The standard InChI is InChI=1S/C42H65NO12/c1-6-9-29-19-25(2)18-26(3)20-37(53-5)38-30(23-44)15-16-42(52,55-38)39(49)40(50)43-17-8-7-10-32(43)41(51)54-36(27(4)34(47)22-35(29)48)14-12-28-11-13-33(46)31(21-28)24-45/h6,12,14,19,26-34,36-38,44-47,52H,1,7-11,13,15-18,20-24H2,2-5H3/b14-12+,25-19+/t26-,27+,28-,29+,30+,31-,32-,33+,34-,36+,37-,38-,42+/m0/s1. The van der Waals surface area contributed by atoms with E-state index in [0.717, 1.165) is 10.5 Å². The summed E-state index contributed by atoms with van der Waals surface area (Å²) in [7, 11) is 1.49. The van der Waals surface area contributed by atoms with E-state index in [1.165, 1.54) is 7.11 Å². The summed E-state index contributed by atoms with van der Waals surface area (Å²) in [6, 6.07) is -1.16. The van der Waals surface area contributed by atoms with E-state index in [-0.39, 0.29) is 69.0 Å². The molecule has 0 aromatic heterocycles. The van der Waals surface area contributed by atoms with Gasteiger partial charge in [0.15, 0.2) is 0 Å². The summed E-state index contributed by atoms with van der Waals surface area (Å²) in [6.07, 6.45) is 6.72. The molecule has 13 atom stereocenters. The second-order valence-electron chi connectivity index (χ2n) is 16.6. The van der Waals surface area contributed by atoms with E-state index in [1.54, 1.807) is 19.1 Å². The molecule has 0 unspecified atom stereocenters. The van der Waals surface area contributed by atoms with E-state index in [1.807, 2.05) is 26.0 Å². The summed E-state index contributed by atoms with van der Waals surface area (Å²) in [5.74, 6) is -7.91. The Hall–Kier alpha value is -2.78. The van der Waals surface area contributed by atoms with Crippen LogP contribution in [0, 0.1) is 35.5 Å². The van der Waals surface area contributed by atoms with E-state index < -0.39 is 77.8 Å². The quantitative estimate of drug-likeness (QED) is 0.144. The monoisotopic (exact) mass is 775 g/mol. The van der Waals surface area contributed by atoms with Gasteiger partial charge in [-0.25, -0.2) is 4.79 Å². The number of aliphatic hydroxyl groups excluding tert-OH is 4. The molecule has 0 radical (unpaired) electrons. The topological polar surface area (TPSA) is 200 Å². The summed E-state index contributed by atoms with van der Waals surface area (Å²) in [5.41, 5.74) is 0.932. The van der Waals surface area contributed by atoms with Crippen molar-refractivity contribution in [1.82, 2.24) is 4.90 Å². The van der Waals surface area contributed by atoms with E-state index >= 15 is 0 Å². The van der Waals surface area contributed by atoms with Crippen LogP contribution in [0.1, 0.15) is 97.8 Å². The molecular weight excluding hydrogens is 710 g/mol. The molecule has 3 heterocycles. The predicted octanol–water partition coefficient (Wildman–Crippen LogP) is 3.19. The number of nitrogens with zero attached hydrogens (tertiary/aromatic N) is 1. The van der Waals surface area contributed by atoms with E-state index in [9.17, 15) is 44.7 Å². The van der Waals surface area contributed by atoms with Crippen molar-refractivity contribution in [2.75, 3.05) is 26.9 Å². The first kappa shape index (κ1) is 44.9. The number of amides is 1. The van der Waals surface area contributed by atoms with Crippen LogP contribution in [-0.4, -0.2) is 123 Å². The number of carbonyl (C=O) groups is 4. The van der Waals surface area contributed by atoms with Crippen LogP contribution in [0.15, 0.2) is 36.5 Å². The number of rotatable bonds is 7. The van der Waals surface area contributed by atoms with Gasteiger partial charge in [0.05, 0.1) is 24.4 Å². The van der Waals surface area contributed by atoms with Crippen LogP contribution in [0.3, 0.4) is 0 Å². The van der Waals surface area contributed by atoms with E-state index in [2.05, 4.69) is 6.58 Å². The number of hydrogen-bond donors (Lipinski definition) is 5. The van der Waals surface area contributed by atoms with Gasteiger partial charge < -0.3 is 44.6 Å². The summed E-state index contributed by atoms with van der Waals surface area (Å²) in [4.78, 5) is 56.9. The van der Waals surface area contributed by atoms with Gasteiger partial charge in [0.2, 0.25) is 5.79 Å². The molecule has 0 aromatic carbocycles. The van der Waals surface area contributed by atoms with Gasteiger partial charge in [-0.1, -0.05) is 37.6 Å². The molecule has 3 aliphatic heterocycles. The number of carbonyl (C=O) groups excluding carboxylic acids is 4. The predicted molar refractivity (Wildman–Crippen MR) is 203 cm³/mol. The maximum atomic E-state index is 14.1. The molecule has 55 heavy (non-hydrogen) atoms. The zero-order chi connectivity index (χ0) is 40.4. The average Bonchev–Trinajstić information content (AvgIpc) is 3.17. The highest BCUT2D eigenvalue weighted by Gasteiger charge is 2.52. The molecule has 5 N–H and O–H groups in total. The van der Waals surface area contributed by atoms with Crippen LogP contribution in [-0.2, 0) is 33.4 Å².